The lowest BCUT2D eigenvalue weighted by Gasteiger charge is -2.01. The Kier molecular flexibility index (Phi) is 3.41. The van der Waals surface area contributed by atoms with Crippen LogP contribution in [0.4, 0.5) is 5.82 Å². The fraction of sp³-hybridized carbons (Fsp3) is 0.133. The van der Waals surface area contributed by atoms with Crippen molar-refractivity contribution in [2.45, 2.75) is 6.92 Å². The predicted octanol–water partition coefficient (Wildman–Crippen LogP) is 2.76. The fourth-order valence-corrected chi connectivity index (χ4v) is 1.94. The highest BCUT2D eigenvalue weighted by atomic mass is 15.3. The molecule has 0 bridgehead atoms. The van der Waals surface area contributed by atoms with Crippen LogP contribution in [0, 0.1) is 0 Å². The van der Waals surface area contributed by atoms with E-state index in [2.05, 4.69) is 20.6 Å². The van der Waals surface area contributed by atoms with Crippen LogP contribution in [0.2, 0.25) is 0 Å². The third kappa shape index (κ3) is 2.51. The van der Waals surface area contributed by atoms with Gasteiger partial charge in [0, 0.05) is 18.3 Å². The van der Waals surface area contributed by atoms with Crippen molar-refractivity contribution in [1.82, 2.24) is 20.0 Å². The fourth-order valence-electron chi connectivity index (χ4n) is 1.94. The smallest absolute Gasteiger partial charge is 0.148 e. The Bertz CT molecular complexity index is 673. The molecule has 5 heteroatoms. The molecule has 3 rings (SSSR count). The Morgan fingerprint density at radius 3 is 2.60 bits per heavy atom. The summed E-state index contributed by atoms with van der Waals surface area (Å²) < 4.78 is 1.83. The van der Waals surface area contributed by atoms with Gasteiger partial charge in [0.15, 0.2) is 0 Å². The molecule has 0 aliphatic heterocycles. The molecule has 2 heterocycles. The van der Waals surface area contributed by atoms with E-state index in [0.717, 1.165) is 29.3 Å². The predicted molar refractivity (Wildman–Crippen MR) is 78.8 cm³/mol. The summed E-state index contributed by atoms with van der Waals surface area (Å²) in [6.45, 7) is 2.86. The third-order valence-corrected chi connectivity index (χ3v) is 2.92. The van der Waals surface area contributed by atoms with Crippen LogP contribution in [0.1, 0.15) is 6.92 Å². The van der Waals surface area contributed by atoms with E-state index >= 15 is 0 Å². The van der Waals surface area contributed by atoms with Crippen LogP contribution >= 0.6 is 0 Å². The van der Waals surface area contributed by atoms with Crippen LogP contribution < -0.4 is 5.32 Å². The maximum atomic E-state index is 4.35. The van der Waals surface area contributed by atoms with Crippen LogP contribution in [-0.4, -0.2) is 26.5 Å². The van der Waals surface area contributed by atoms with Crippen LogP contribution in [0.15, 0.2) is 54.9 Å². The quantitative estimate of drug-likeness (QED) is 0.788. The van der Waals surface area contributed by atoms with Gasteiger partial charge in [-0.25, -0.2) is 4.68 Å². The van der Waals surface area contributed by atoms with Crippen molar-refractivity contribution in [2.75, 3.05) is 11.9 Å². The molecule has 0 fully saturated rings. The molecule has 1 N–H and O–H groups in total. The third-order valence-electron chi connectivity index (χ3n) is 2.92. The second-order valence-electron chi connectivity index (χ2n) is 4.34. The summed E-state index contributed by atoms with van der Waals surface area (Å²) in [7, 11) is 0. The van der Waals surface area contributed by atoms with E-state index in [0.29, 0.717) is 0 Å². The number of anilines is 1. The average molecular weight is 265 g/mol. The van der Waals surface area contributed by atoms with Crippen molar-refractivity contribution in [3.63, 3.8) is 0 Å². The summed E-state index contributed by atoms with van der Waals surface area (Å²) in [6.07, 6.45) is 3.75. The summed E-state index contributed by atoms with van der Waals surface area (Å²) in [5, 5.41) is 15.8. The molecule has 0 aliphatic carbocycles. The standard InChI is InChI=1S/C15H15N5/c1-2-16-15-9-8-14(18-19-15)12-10-17-20(11-12)13-6-4-3-5-7-13/h3-11H,2H2,1H3,(H,16,19). The van der Waals surface area contributed by atoms with Gasteiger partial charge in [-0.05, 0) is 31.2 Å². The number of para-hydroxylation sites is 1. The molecule has 3 aromatic rings. The monoisotopic (exact) mass is 265 g/mol. The molecule has 0 amide bonds. The largest absolute Gasteiger partial charge is 0.369 e. The number of benzene rings is 1. The lowest BCUT2D eigenvalue weighted by molar-refractivity contribution is 0.880. The highest BCUT2D eigenvalue weighted by molar-refractivity contribution is 5.58. The van der Waals surface area contributed by atoms with Gasteiger partial charge in [-0.15, -0.1) is 10.2 Å². The Morgan fingerprint density at radius 2 is 1.90 bits per heavy atom. The van der Waals surface area contributed by atoms with Crippen LogP contribution in [0.5, 0.6) is 0 Å². The van der Waals surface area contributed by atoms with E-state index in [1.54, 1.807) is 6.20 Å². The Hall–Kier alpha value is -2.69. The summed E-state index contributed by atoms with van der Waals surface area (Å²) >= 11 is 0. The maximum Gasteiger partial charge on any atom is 0.148 e. The summed E-state index contributed by atoms with van der Waals surface area (Å²) in [4.78, 5) is 0. The molecule has 0 radical (unpaired) electrons. The van der Waals surface area contributed by atoms with Crippen molar-refractivity contribution >= 4 is 5.82 Å². The molecule has 0 saturated carbocycles. The van der Waals surface area contributed by atoms with Gasteiger partial charge in [0.05, 0.1) is 17.6 Å². The lowest BCUT2D eigenvalue weighted by Crippen LogP contribution is -2.00. The van der Waals surface area contributed by atoms with Gasteiger partial charge >= 0.3 is 0 Å². The molecule has 5 nitrogen and oxygen atoms in total. The highest BCUT2D eigenvalue weighted by Gasteiger charge is 2.05. The second-order valence-corrected chi connectivity index (χ2v) is 4.34. The molecular weight excluding hydrogens is 250 g/mol. The van der Waals surface area contributed by atoms with Crippen molar-refractivity contribution in [2.24, 2.45) is 0 Å². The number of rotatable bonds is 4. The van der Waals surface area contributed by atoms with Gasteiger partial charge in [0.2, 0.25) is 0 Å². The molecule has 1 aromatic carbocycles. The molecule has 0 saturated heterocycles. The van der Waals surface area contributed by atoms with E-state index in [1.165, 1.54) is 0 Å². The summed E-state index contributed by atoms with van der Waals surface area (Å²) in [5.41, 5.74) is 2.79. The van der Waals surface area contributed by atoms with Gasteiger partial charge in [-0.2, -0.15) is 5.10 Å². The first-order valence-corrected chi connectivity index (χ1v) is 6.55. The van der Waals surface area contributed by atoms with Crippen LogP contribution in [0.25, 0.3) is 16.9 Å². The minimum atomic E-state index is 0.784. The zero-order valence-electron chi connectivity index (χ0n) is 11.2. The molecule has 0 spiro atoms. The molecule has 2 aromatic heterocycles. The summed E-state index contributed by atoms with van der Waals surface area (Å²) in [6, 6.07) is 13.8. The Morgan fingerprint density at radius 1 is 1.05 bits per heavy atom. The first-order chi connectivity index (χ1) is 9.86. The van der Waals surface area contributed by atoms with Crippen molar-refractivity contribution < 1.29 is 0 Å². The Labute approximate surface area is 117 Å². The highest BCUT2D eigenvalue weighted by Crippen LogP contribution is 2.18. The minimum absolute atomic E-state index is 0.784. The van der Waals surface area contributed by atoms with E-state index in [-0.39, 0.29) is 0 Å². The van der Waals surface area contributed by atoms with Crippen molar-refractivity contribution in [3.8, 4) is 16.9 Å². The summed E-state index contributed by atoms with van der Waals surface area (Å²) in [5.74, 6) is 0.784. The van der Waals surface area contributed by atoms with Gasteiger partial charge in [0.25, 0.3) is 0 Å². The number of hydrogen-bond acceptors (Lipinski definition) is 4. The number of hydrogen-bond donors (Lipinski definition) is 1. The van der Waals surface area contributed by atoms with E-state index in [9.17, 15) is 0 Å². The van der Waals surface area contributed by atoms with Crippen molar-refractivity contribution in [1.29, 1.82) is 0 Å². The maximum absolute atomic E-state index is 4.35. The van der Waals surface area contributed by atoms with E-state index in [4.69, 9.17) is 0 Å². The first-order valence-electron chi connectivity index (χ1n) is 6.55. The van der Waals surface area contributed by atoms with Gasteiger partial charge < -0.3 is 5.32 Å². The Balaban J connectivity index is 1.86. The zero-order chi connectivity index (χ0) is 13.8. The normalized spacial score (nSPS) is 10.4. The van der Waals surface area contributed by atoms with Gasteiger partial charge in [0.1, 0.15) is 5.82 Å². The van der Waals surface area contributed by atoms with Crippen molar-refractivity contribution in [3.05, 3.63) is 54.9 Å². The number of nitrogens with one attached hydrogen (secondary N) is 1. The van der Waals surface area contributed by atoms with Gasteiger partial charge in [-0.3, -0.25) is 0 Å². The topological polar surface area (TPSA) is 55.6 Å². The second kappa shape index (κ2) is 5.52. The molecular formula is C15H15N5. The number of nitrogens with zero attached hydrogens (tertiary/aromatic N) is 4. The van der Waals surface area contributed by atoms with Crippen LogP contribution in [-0.2, 0) is 0 Å². The first kappa shape index (κ1) is 12.3. The lowest BCUT2D eigenvalue weighted by atomic mass is 10.2. The molecule has 20 heavy (non-hydrogen) atoms. The average Bonchev–Trinajstić information content (AvgIpc) is 2.99. The SMILES string of the molecule is CCNc1ccc(-c2cnn(-c3ccccc3)c2)nn1. The minimum Gasteiger partial charge on any atom is -0.369 e. The number of aromatic nitrogens is 4. The van der Waals surface area contributed by atoms with Gasteiger partial charge in [-0.1, -0.05) is 18.2 Å². The van der Waals surface area contributed by atoms with Crippen LogP contribution in [0.3, 0.4) is 0 Å². The molecule has 0 unspecified atom stereocenters. The molecule has 0 atom stereocenters. The van der Waals surface area contributed by atoms with E-state index < -0.39 is 0 Å². The molecule has 0 aliphatic rings. The van der Waals surface area contributed by atoms with E-state index in [1.807, 2.05) is 60.3 Å². The molecule has 100 valence electrons. The zero-order valence-corrected chi connectivity index (χ0v) is 11.2.